The Balaban J connectivity index is 3.14. The Labute approximate surface area is 119 Å². The Morgan fingerprint density at radius 1 is 1.45 bits per heavy atom. The standard InChI is InChI=1S/C13H14ClF3O3/c1-3-20-11(7(2)18)6-8-4-9(13(15,16)17)12(19)10(14)5-8/h4-5,11,19H,3,6H2,1-2H3/t11-/m1/s1. The summed E-state index contributed by atoms with van der Waals surface area (Å²) in [6, 6.07) is 1.97. The zero-order chi connectivity index (χ0) is 15.5. The first-order chi connectivity index (χ1) is 9.16. The van der Waals surface area contributed by atoms with Crippen LogP contribution in [0.2, 0.25) is 5.02 Å². The predicted molar refractivity (Wildman–Crippen MR) is 67.9 cm³/mol. The molecule has 0 unspecified atom stereocenters. The van der Waals surface area contributed by atoms with E-state index in [4.69, 9.17) is 16.3 Å². The van der Waals surface area contributed by atoms with Crippen molar-refractivity contribution in [1.29, 1.82) is 0 Å². The van der Waals surface area contributed by atoms with Gasteiger partial charge in [-0.05, 0) is 31.5 Å². The second-order valence-electron chi connectivity index (χ2n) is 4.23. The Bertz CT molecular complexity index is 500. The molecule has 1 atom stereocenters. The molecule has 0 bridgehead atoms. The van der Waals surface area contributed by atoms with E-state index >= 15 is 0 Å². The highest BCUT2D eigenvalue weighted by Crippen LogP contribution is 2.40. The van der Waals surface area contributed by atoms with E-state index in [0.717, 1.165) is 6.07 Å². The SMILES string of the molecule is CCO[C@H](Cc1cc(Cl)c(O)c(C(F)(F)F)c1)C(C)=O. The van der Waals surface area contributed by atoms with Crippen molar-refractivity contribution in [3.05, 3.63) is 28.3 Å². The Hall–Kier alpha value is -1.27. The van der Waals surface area contributed by atoms with Crippen LogP contribution in [0.25, 0.3) is 0 Å². The molecule has 3 nitrogen and oxygen atoms in total. The van der Waals surface area contributed by atoms with Gasteiger partial charge in [-0.2, -0.15) is 13.2 Å². The van der Waals surface area contributed by atoms with E-state index in [9.17, 15) is 23.1 Å². The summed E-state index contributed by atoms with van der Waals surface area (Å²) in [6.07, 6.45) is -5.59. The van der Waals surface area contributed by atoms with Crippen LogP contribution in [0, 0.1) is 0 Å². The van der Waals surface area contributed by atoms with E-state index < -0.39 is 28.6 Å². The van der Waals surface area contributed by atoms with Gasteiger partial charge in [0.1, 0.15) is 11.9 Å². The molecule has 0 amide bonds. The molecule has 20 heavy (non-hydrogen) atoms. The first-order valence-corrected chi connectivity index (χ1v) is 6.25. The highest BCUT2D eigenvalue weighted by Gasteiger charge is 2.35. The smallest absolute Gasteiger partial charge is 0.420 e. The first kappa shape index (κ1) is 16.8. The van der Waals surface area contributed by atoms with Gasteiger partial charge in [0.05, 0.1) is 10.6 Å². The lowest BCUT2D eigenvalue weighted by Crippen LogP contribution is -2.24. The van der Waals surface area contributed by atoms with E-state index in [1.165, 1.54) is 13.0 Å². The fourth-order valence-electron chi connectivity index (χ4n) is 1.72. The number of hydrogen-bond acceptors (Lipinski definition) is 3. The molecular weight excluding hydrogens is 297 g/mol. The monoisotopic (exact) mass is 310 g/mol. The van der Waals surface area contributed by atoms with Crippen molar-refractivity contribution >= 4 is 17.4 Å². The first-order valence-electron chi connectivity index (χ1n) is 5.87. The number of rotatable bonds is 5. The number of hydrogen-bond donors (Lipinski definition) is 1. The van der Waals surface area contributed by atoms with E-state index in [0.29, 0.717) is 0 Å². The van der Waals surface area contributed by atoms with Crippen LogP contribution >= 0.6 is 11.6 Å². The highest BCUT2D eigenvalue weighted by atomic mass is 35.5. The van der Waals surface area contributed by atoms with Crippen LogP contribution in [0.15, 0.2) is 12.1 Å². The molecule has 7 heteroatoms. The van der Waals surface area contributed by atoms with Crippen molar-refractivity contribution in [2.75, 3.05) is 6.61 Å². The Morgan fingerprint density at radius 3 is 2.50 bits per heavy atom. The molecule has 0 aromatic heterocycles. The van der Waals surface area contributed by atoms with E-state index in [2.05, 4.69) is 0 Å². The highest BCUT2D eigenvalue weighted by molar-refractivity contribution is 6.32. The topological polar surface area (TPSA) is 46.5 Å². The van der Waals surface area contributed by atoms with Crippen LogP contribution in [0.4, 0.5) is 13.2 Å². The molecule has 1 aromatic carbocycles. The predicted octanol–water partition coefficient (Wildman–Crippen LogP) is 3.60. The summed E-state index contributed by atoms with van der Waals surface area (Å²) in [7, 11) is 0. The van der Waals surface area contributed by atoms with Crippen molar-refractivity contribution in [3.63, 3.8) is 0 Å². The summed E-state index contributed by atoms with van der Waals surface area (Å²) in [5.74, 6) is -1.30. The van der Waals surface area contributed by atoms with E-state index in [1.54, 1.807) is 6.92 Å². The van der Waals surface area contributed by atoms with Crippen LogP contribution in [0.3, 0.4) is 0 Å². The van der Waals surface area contributed by atoms with Crippen molar-refractivity contribution < 1.29 is 27.8 Å². The van der Waals surface area contributed by atoms with Crippen molar-refractivity contribution in [1.82, 2.24) is 0 Å². The second kappa shape index (κ2) is 6.45. The second-order valence-corrected chi connectivity index (χ2v) is 4.64. The minimum Gasteiger partial charge on any atom is -0.506 e. The average Bonchev–Trinajstić information content (AvgIpc) is 2.31. The molecule has 0 fully saturated rings. The summed E-state index contributed by atoms with van der Waals surface area (Å²) >= 11 is 5.59. The molecule has 0 heterocycles. The molecule has 0 aliphatic carbocycles. The van der Waals surface area contributed by atoms with Crippen LogP contribution in [0.5, 0.6) is 5.75 Å². The summed E-state index contributed by atoms with van der Waals surface area (Å²) in [6.45, 7) is 3.25. The number of aromatic hydroxyl groups is 1. The third-order valence-corrected chi connectivity index (χ3v) is 2.96. The van der Waals surface area contributed by atoms with Gasteiger partial charge in [0, 0.05) is 13.0 Å². The van der Waals surface area contributed by atoms with E-state index in [1.807, 2.05) is 0 Å². The fraction of sp³-hybridized carbons (Fsp3) is 0.462. The van der Waals surface area contributed by atoms with Gasteiger partial charge in [-0.3, -0.25) is 4.79 Å². The molecule has 0 aliphatic heterocycles. The van der Waals surface area contributed by atoms with Crippen LogP contribution in [-0.4, -0.2) is 23.6 Å². The zero-order valence-electron chi connectivity index (χ0n) is 10.9. The number of phenolic OH excluding ortho intramolecular Hbond substituents is 1. The van der Waals surface area contributed by atoms with Gasteiger partial charge in [0.15, 0.2) is 5.78 Å². The summed E-state index contributed by atoms with van der Waals surface area (Å²) in [5, 5.41) is 8.95. The number of carbonyl (C=O) groups is 1. The van der Waals surface area contributed by atoms with Gasteiger partial charge in [0.2, 0.25) is 0 Å². The van der Waals surface area contributed by atoms with Crippen LogP contribution in [-0.2, 0) is 22.1 Å². The number of halogens is 4. The van der Waals surface area contributed by atoms with Crippen LogP contribution < -0.4 is 0 Å². The normalized spacial score (nSPS) is 13.3. The molecule has 0 saturated heterocycles. The van der Waals surface area contributed by atoms with Gasteiger partial charge >= 0.3 is 6.18 Å². The largest absolute Gasteiger partial charge is 0.506 e. The minimum atomic E-state index is -4.72. The molecule has 0 spiro atoms. The van der Waals surface area contributed by atoms with Gasteiger partial charge < -0.3 is 9.84 Å². The van der Waals surface area contributed by atoms with Gasteiger partial charge in [0.25, 0.3) is 0 Å². The van der Waals surface area contributed by atoms with Crippen molar-refractivity contribution in [2.24, 2.45) is 0 Å². The number of alkyl halides is 3. The molecule has 0 aliphatic rings. The molecule has 1 rings (SSSR count). The lowest BCUT2D eigenvalue weighted by Gasteiger charge is -2.16. The molecule has 112 valence electrons. The van der Waals surface area contributed by atoms with Gasteiger partial charge in [-0.15, -0.1) is 0 Å². The fourth-order valence-corrected chi connectivity index (χ4v) is 1.97. The number of carbonyl (C=O) groups excluding carboxylic acids is 1. The summed E-state index contributed by atoms with van der Waals surface area (Å²) in [4.78, 5) is 11.3. The number of phenols is 1. The number of ketones is 1. The third kappa shape index (κ3) is 4.11. The Morgan fingerprint density at radius 2 is 2.05 bits per heavy atom. The lowest BCUT2D eigenvalue weighted by atomic mass is 10.0. The summed E-state index contributed by atoms with van der Waals surface area (Å²) in [5.41, 5.74) is -1.05. The molecule has 0 radical (unpaired) electrons. The maximum absolute atomic E-state index is 12.7. The Kier molecular flexibility index (Phi) is 5.42. The maximum atomic E-state index is 12.7. The average molecular weight is 311 g/mol. The summed E-state index contributed by atoms with van der Waals surface area (Å²) < 4.78 is 43.4. The molecule has 1 N–H and O–H groups in total. The third-order valence-electron chi connectivity index (χ3n) is 2.67. The minimum absolute atomic E-state index is 0.0355. The maximum Gasteiger partial charge on any atom is 0.420 e. The molecule has 0 saturated carbocycles. The van der Waals surface area contributed by atoms with Gasteiger partial charge in [-0.25, -0.2) is 0 Å². The van der Waals surface area contributed by atoms with Crippen molar-refractivity contribution in [2.45, 2.75) is 32.5 Å². The zero-order valence-corrected chi connectivity index (χ0v) is 11.7. The quantitative estimate of drug-likeness (QED) is 0.904. The molecular formula is C13H14ClF3O3. The van der Waals surface area contributed by atoms with Crippen molar-refractivity contribution in [3.8, 4) is 5.75 Å². The lowest BCUT2D eigenvalue weighted by molar-refractivity contribution is -0.138. The molecule has 1 aromatic rings. The van der Waals surface area contributed by atoms with Crippen LogP contribution in [0.1, 0.15) is 25.0 Å². The number of benzene rings is 1. The van der Waals surface area contributed by atoms with Gasteiger partial charge in [-0.1, -0.05) is 11.6 Å². The number of Topliss-reactive ketones (excluding diaryl/α,β-unsaturated/α-hetero) is 1. The number of ether oxygens (including phenoxy) is 1. The van der Waals surface area contributed by atoms with E-state index in [-0.39, 0.29) is 24.4 Å².